The van der Waals surface area contributed by atoms with Crippen molar-refractivity contribution in [3.63, 3.8) is 0 Å². The maximum Gasteiger partial charge on any atom is -0.0352 e. The van der Waals surface area contributed by atoms with E-state index in [0.29, 0.717) is 0 Å². The average Bonchev–Trinajstić information content (AvgIpc) is 2.09. The zero-order valence-corrected chi connectivity index (χ0v) is 8.88. The molecule has 0 radical (unpaired) electrons. The fourth-order valence-corrected chi connectivity index (χ4v) is 3.30. The van der Waals surface area contributed by atoms with Crippen LogP contribution in [0.4, 0.5) is 0 Å². The van der Waals surface area contributed by atoms with Crippen LogP contribution in [0.15, 0.2) is 0 Å². The van der Waals surface area contributed by atoms with Gasteiger partial charge in [-0.1, -0.05) is 27.7 Å². The monoisotopic (exact) mass is 166 g/mol. The van der Waals surface area contributed by atoms with Crippen molar-refractivity contribution in [3.8, 4) is 0 Å². The first-order chi connectivity index (χ1) is 5.61. The highest BCUT2D eigenvalue weighted by Gasteiger charge is 2.47. The third-order valence-electron chi connectivity index (χ3n) is 4.98. The van der Waals surface area contributed by atoms with E-state index in [1.807, 2.05) is 0 Å². The quantitative estimate of drug-likeness (QED) is 0.558. The molecule has 2 aliphatic rings. The van der Waals surface area contributed by atoms with Gasteiger partial charge in [0.2, 0.25) is 0 Å². The van der Waals surface area contributed by atoms with Crippen molar-refractivity contribution in [1.82, 2.24) is 0 Å². The molecule has 0 nitrogen and oxygen atoms in total. The summed E-state index contributed by atoms with van der Waals surface area (Å²) in [5, 5.41) is 0. The summed E-state index contributed by atoms with van der Waals surface area (Å²) in [4.78, 5) is 0. The van der Waals surface area contributed by atoms with E-state index in [0.717, 1.165) is 35.5 Å². The van der Waals surface area contributed by atoms with Crippen molar-refractivity contribution >= 4 is 0 Å². The van der Waals surface area contributed by atoms with Crippen molar-refractivity contribution in [2.45, 2.75) is 40.5 Å². The van der Waals surface area contributed by atoms with Gasteiger partial charge in [-0.2, -0.15) is 0 Å². The second kappa shape index (κ2) is 2.75. The molecule has 0 aliphatic heterocycles. The smallest absolute Gasteiger partial charge is 0.0352 e. The van der Waals surface area contributed by atoms with Crippen molar-refractivity contribution in [2.24, 2.45) is 35.5 Å². The topological polar surface area (TPSA) is 0 Å². The Morgan fingerprint density at radius 3 is 1.17 bits per heavy atom. The lowest BCUT2D eigenvalue weighted by molar-refractivity contribution is -0.0508. The molecule has 2 aliphatic carbocycles. The molecule has 0 saturated heterocycles. The third-order valence-corrected chi connectivity index (χ3v) is 4.98. The van der Waals surface area contributed by atoms with Crippen LogP contribution in [-0.2, 0) is 0 Å². The van der Waals surface area contributed by atoms with E-state index in [4.69, 9.17) is 0 Å². The predicted molar refractivity (Wildman–Crippen MR) is 52.9 cm³/mol. The molecule has 0 bridgehead atoms. The standard InChI is InChI=1S/C12H22/c1-7-5-11(9(7)3)12-6-8(2)10(12)4/h7-12H,5-6H2,1-4H3. The van der Waals surface area contributed by atoms with Gasteiger partial charge in [-0.15, -0.1) is 0 Å². The SMILES string of the molecule is CC1CC(C2CC(C)C2C)C1C. The molecule has 0 aromatic heterocycles. The van der Waals surface area contributed by atoms with Crippen molar-refractivity contribution in [1.29, 1.82) is 0 Å². The van der Waals surface area contributed by atoms with Crippen molar-refractivity contribution < 1.29 is 0 Å². The van der Waals surface area contributed by atoms with E-state index >= 15 is 0 Å². The average molecular weight is 166 g/mol. The molecular formula is C12H22. The Morgan fingerprint density at radius 1 is 0.667 bits per heavy atom. The van der Waals surface area contributed by atoms with Gasteiger partial charge in [0, 0.05) is 0 Å². The normalized spacial score (nSPS) is 59.0. The summed E-state index contributed by atoms with van der Waals surface area (Å²) >= 11 is 0. The molecule has 0 heterocycles. The van der Waals surface area contributed by atoms with Crippen molar-refractivity contribution in [3.05, 3.63) is 0 Å². The highest BCUT2D eigenvalue weighted by Crippen LogP contribution is 2.54. The van der Waals surface area contributed by atoms with E-state index in [2.05, 4.69) is 27.7 Å². The van der Waals surface area contributed by atoms with Crippen LogP contribution < -0.4 is 0 Å². The van der Waals surface area contributed by atoms with Crippen molar-refractivity contribution in [2.75, 3.05) is 0 Å². The molecule has 0 heteroatoms. The Balaban J connectivity index is 1.88. The van der Waals surface area contributed by atoms with Crippen LogP contribution in [0.25, 0.3) is 0 Å². The summed E-state index contributed by atoms with van der Waals surface area (Å²) in [6, 6.07) is 0. The van der Waals surface area contributed by atoms with Gasteiger partial charge in [0.15, 0.2) is 0 Å². The highest BCUT2D eigenvalue weighted by atomic mass is 14.5. The minimum Gasteiger partial charge on any atom is -0.0622 e. The maximum atomic E-state index is 2.45. The van der Waals surface area contributed by atoms with E-state index in [1.54, 1.807) is 0 Å². The molecule has 0 spiro atoms. The van der Waals surface area contributed by atoms with Gasteiger partial charge < -0.3 is 0 Å². The van der Waals surface area contributed by atoms with Crippen LogP contribution >= 0.6 is 0 Å². The Bertz CT molecular complexity index is 153. The lowest BCUT2D eigenvalue weighted by atomic mass is 9.51. The van der Waals surface area contributed by atoms with Crippen LogP contribution in [0.2, 0.25) is 0 Å². The summed E-state index contributed by atoms with van der Waals surface area (Å²) in [6.07, 6.45) is 3.03. The first-order valence-electron chi connectivity index (χ1n) is 5.61. The molecule has 2 fully saturated rings. The summed E-state index contributed by atoms with van der Waals surface area (Å²) in [7, 11) is 0. The summed E-state index contributed by atoms with van der Waals surface area (Å²) in [6.45, 7) is 9.73. The molecular weight excluding hydrogens is 144 g/mol. The highest BCUT2D eigenvalue weighted by molar-refractivity contribution is 4.96. The molecule has 2 saturated carbocycles. The Morgan fingerprint density at radius 2 is 1.00 bits per heavy atom. The number of hydrogen-bond acceptors (Lipinski definition) is 0. The molecule has 6 atom stereocenters. The van der Waals surface area contributed by atoms with Gasteiger partial charge >= 0.3 is 0 Å². The van der Waals surface area contributed by atoms with E-state index < -0.39 is 0 Å². The lowest BCUT2D eigenvalue weighted by Gasteiger charge is -2.54. The van der Waals surface area contributed by atoms with Gasteiger partial charge in [-0.3, -0.25) is 0 Å². The van der Waals surface area contributed by atoms with E-state index in [-0.39, 0.29) is 0 Å². The van der Waals surface area contributed by atoms with Gasteiger partial charge in [-0.05, 0) is 48.3 Å². The second-order valence-corrected chi connectivity index (χ2v) is 5.47. The number of rotatable bonds is 1. The summed E-state index contributed by atoms with van der Waals surface area (Å²) in [5.41, 5.74) is 0. The fraction of sp³-hybridized carbons (Fsp3) is 1.00. The molecule has 0 N–H and O–H groups in total. The zero-order chi connectivity index (χ0) is 8.88. The van der Waals surface area contributed by atoms with E-state index in [1.165, 1.54) is 12.8 Å². The van der Waals surface area contributed by atoms with Crippen LogP contribution in [0.3, 0.4) is 0 Å². The van der Waals surface area contributed by atoms with Crippen LogP contribution in [0.5, 0.6) is 0 Å². The Kier molecular flexibility index (Phi) is 1.97. The Labute approximate surface area is 76.7 Å². The second-order valence-electron chi connectivity index (χ2n) is 5.47. The van der Waals surface area contributed by atoms with Gasteiger partial charge in [0.25, 0.3) is 0 Å². The molecule has 0 amide bonds. The lowest BCUT2D eigenvalue weighted by Crippen LogP contribution is -2.47. The third kappa shape index (κ3) is 1.03. The molecule has 0 aromatic carbocycles. The largest absolute Gasteiger partial charge is 0.0622 e. The van der Waals surface area contributed by atoms with E-state index in [9.17, 15) is 0 Å². The Hall–Kier alpha value is 0. The van der Waals surface area contributed by atoms with Gasteiger partial charge in [0.05, 0.1) is 0 Å². The van der Waals surface area contributed by atoms with Crippen LogP contribution in [0.1, 0.15) is 40.5 Å². The maximum absolute atomic E-state index is 2.45. The van der Waals surface area contributed by atoms with Crippen LogP contribution in [-0.4, -0.2) is 0 Å². The molecule has 2 rings (SSSR count). The summed E-state index contributed by atoms with van der Waals surface area (Å²) < 4.78 is 0. The molecule has 70 valence electrons. The van der Waals surface area contributed by atoms with Crippen LogP contribution in [0, 0.1) is 35.5 Å². The number of hydrogen-bond donors (Lipinski definition) is 0. The molecule has 6 unspecified atom stereocenters. The first-order valence-corrected chi connectivity index (χ1v) is 5.61. The predicted octanol–water partition coefficient (Wildman–Crippen LogP) is 3.57. The zero-order valence-electron chi connectivity index (χ0n) is 8.88. The fourth-order valence-electron chi connectivity index (χ4n) is 3.30. The minimum atomic E-state index is 1.01. The molecule has 12 heavy (non-hydrogen) atoms. The minimum absolute atomic E-state index is 1.01. The molecule has 0 aromatic rings. The summed E-state index contributed by atoms with van der Waals surface area (Å²) in [5.74, 6) is 6.24. The first kappa shape index (κ1) is 8.59. The van der Waals surface area contributed by atoms with Gasteiger partial charge in [0.1, 0.15) is 0 Å². The van der Waals surface area contributed by atoms with Gasteiger partial charge in [-0.25, -0.2) is 0 Å².